The highest BCUT2D eigenvalue weighted by atomic mass is 19.1. The number of rotatable bonds is 6. The van der Waals surface area contributed by atoms with Crippen LogP contribution in [0, 0.1) is 5.82 Å². The normalized spacial score (nSPS) is 18.2. The van der Waals surface area contributed by atoms with Gasteiger partial charge in [0.05, 0.1) is 25.4 Å². The second kappa shape index (κ2) is 9.84. The van der Waals surface area contributed by atoms with Crippen LogP contribution in [0.3, 0.4) is 0 Å². The third-order valence-electron chi connectivity index (χ3n) is 5.39. The van der Waals surface area contributed by atoms with Crippen LogP contribution in [0.5, 0.6) is 0 Å². The summed E-state index contributed by atoms with van der Waals surface area (Å²) in [7, 11) is 0. The molecule has 2 aliphatic rings. The van der Waals surface area contributed by atoms with Gasteiger partial charge >= 0.3 is 0 Å². The Balaban J connectivity index is 1.47. The van der Waals surface area contributed by atoms with Crippen LogP contribution >= 0.6 is 0 Å². The molecule has 0 spiro atoms. The van der Waals surface area contributed by atoms with E-state index in [1.807, 2.05) is 11.0 Å². The van der Waals surface area contributed by atoms with Gasteiger partial charge in [0.25, 0.3) is 0 Å². The van der Waals surface area contributed by atoms with Crippen LogP contribution in [0.15, 0.2) is 24.3 Å². The first kappa shape index (κ1) is 20.5. The zero-order valence-corrected chi connectivity index (χ0v) is 16.5. The molecule has 0 atom stereocenters. The summed E-state index contributed by atoms with van der Waals surface area (Å²) >= 11 is 0. The van der Waals surface area contributed by atoms with E-state index >= 15 is 0 Å². The molecule has 2 aliphatic heterocycles. The van der Waals surface area contributed by atoms with Gasteiger partial charge in [0.2, 0.25) is 11.8 Å². The number of hydrogen-bond donors (Lipinski definition) is 0. The maximum Gasteiger partial charge on any atom is 0.242 e. The van der Waals surface area contributed by atoms with Crippen molar-refractivity contribution in [3.05, 3.63) is 30.1 Å². The Bertz CT molecular complexity index is 673. The number of nitrogens with zero attached hydrogens (tertiary/aromatic N) is 4. The zero-order valence-electron chi connectivity index (χ0n) is 16.5. The van der Waals surface area contributed by atoms with Crippen molar-refractivity contribution in [3.8, 4) is 0 Å². The number of benzene rings is 1. The Labute approximate surface area is 165 Å². The molecule has 1 aromatic carbocycles. The van der Waals surface area contributed by atoms with Gasteiger partial charge in [-0.15, -0.1) is 0 Å². The lowest BCUT2D eigenvalue weighted by Gasteiger charge is -2.37. The lowest BCUT2D eigenvalue weighted by Crippen LogP contribution is -2.52. The van der Waals surface area contributed by atoms with E-state index in [1.54, 1.807) is 21.9 Å². The first-order valence-corrected chi connectivity index (χ1v) is 9.87. The molecule has 2 fully saturated rings. The number of piperazine rings is 1. The van der Waals surface area contributed by atoms with E-state index in [1.165, 1.54) is 13.0 Å². The lowest BCUT2D eigenvalue weighted by atomic mass is 10.2. The molecule has 0 aromatic heterocycles. The summed E-state index contributed by atoms with van der Waals surface area (Å²) < 4.78 is 19.3. The Morgan fingerprint density at radius 3 is 2.39 bits per heavy atom. The fraction of sp³-hybridized carbons (Fsp3) is 0.600. The molecule has 3 rings (SSSR count). The molecule has 0 radical (unpaired) electrons. The second-order valence-corrected chi connectivity index (χ2v) is 7.21. The molecule has 0 N–H and O–H groups in total. The van der Waals surface area contributed by atoms with E-state index in [4.69, 9.17) is 4.74 Å². The van der Waals surface area contributed by atoms with Crippen LogP contribution in [0.25, 0.3) is 0 Å². The molecule has 2 heterocycles. The quantitative estimate of drug-likeness (QED) is 0.712. The SMILES string of the molecule is CC(=O)N(CCN1CCOCC1)CC(=O)N1CCN(c2ccccc2F)CC1. The van der Waals surface area contributed by atoms with E-state index in [2.05, 4.69) is 4.90 Å². The number of carbonyl (C=O) groups excluding carboxylic acids is 2. The first-order chi connectivity index (χ1) is 13.5. The first-order valence-electron chi connectivity index (χ1n) is 9.87. The number of ether oxygens (including phenoxy) is 1. The van der Waals surface area contributed by atoms with Gasteiger partial charge in [-0.1, -0.05) is 12.1 Å². The maximum atomic E-state index is 14.0. The molecular weight excluding hydrogens is 363 g/mol. The molecule has 0 bridgehead atoms. The number of amides is 2. The fourth-order valence-corrected chi connectivity index (χ4v) is 3.60. The third kappa shape index (κ3) is 5.42. The topological polar surface area (TPSA) is 56.3 Å². The second-order valence-electron chi connectivity index (χ2n) is 7.21. The fourth-order valence-electron chi connectivity index (χ4n) is 3.60. The van der Waals surface area contributed by atoms with Gasteiger partial charge in [-0.2, -0.15) is 0 Å². The Morgan fingerprint density at radius 1 is 1.07 bits per heavy atom. The van der Waals surface area contributed by atoms with Crippen LogP contribution in [0.4, 0.5) is 10.1 Å². The molecule has 0 saturated carbocycles. The van der Waals surface area contributed by atoms with E-state index in [0.717, 1.165) is 19.6 Å². The minimum Gasteiger partial charge on any atom is -0.379 e. The average Bonchev–Trinajstić information content (AvgIpc) is 2.72. The summed E-state index contributed by atoms with van der Waals surface area (Å²) in [5.41, 5.74) is 0.575. The van der Waals surface area contributed by atoms with Crippen molar-refractivity contribution in [1.29, 1.82) is 0 Å². The highest BCUT2D eigenvalue weighted by Gasteiger charge is 2.25. The van der Waals surface area contributed by atoms with Crippen molar-refractivity contribution < 1.29 is 18.7 Å². The predicted octanol–water partition coefficient (Wildman–Crippen LogP) is 0.655. The van der Waals surface area contributed by atoms with Crippen molar-refractivity contribution in [1.82, 2.24) is 14.7 Å². The molecule has 1 aromatic rings. The highest BCUT2D eigenvalue weighted by Crippen LogP contribution is 2.20. The predicted molar refractivity (Wildman–Crippen MR) is 105 cm³/mol. The summed E-state index contributed by atoms with van der Waals surface area (Å²) in [6.45, 7) is 8.26. The molecule has 0 aliphatic carbocycles. The van der Waals surface area contributed by atoms with Crippen molar-refractivity contribution in [2.24, 2.45) is 0 Å². The lowest BCUT2D eigenvalue weighted by molar-refractivity contribution is -0.139. The van der Waals surface area contributed by atoms with Gasteiger partial charge in [0, 0.05) is 59.3 Å². The van der Waals surface area contributed by atoms with Gasteiger partial charge in [0.1, 0.15) is 5.82 Å². The minimum atomic E-state index is -0.242. The van der Waals surface area contributed by atoms with Crippen molar-refractivity contribution in [2.45, 2.75) is 6.92 Å². The monoisotopic (exact) mass is 392 g/mol. The van der Waals surface area contributed by atoms with Crippen molar-refractivity contribution in [3.63, 3.8) is 0 Å². The number of morpholine rings is 1. The van der Waals surface area contributed by atoms with E-state index < -0.39 is 0 Å². The van der Waals surface area contributed by atoms with Gasteiger partial charge in [-0.3, -0.25) is 14.5 Å². The van der Waals surface area contributed by atoms with Crippen LogP contribution in [-0.2, 0) is 14.3 Å². The number of carbonyl (C=O) groups is 2. The highest BCUT2D eigenvalue weighted by molar-refractivity contribution is 5.84. The number of para-hydroxylation sites is 1. The van der Waals surface area contributed by atoms with Gasteiger partial charge in [-0.25, -0.2) is 4.39 Å². The summed E-state index contributed by atoms with van der Waals surface area (Å²) in [5.74, 6) is -0.384. The standard InChI is InChI=1S/C20H29FN4O3/c1-17(26)25(7-6-22-12-14-28-15-13-22)16-20(27)24-10-8-23(9-11-24)19-5-3-2-4-18(19)21/h2-5H,6-16H2,1H3. The largest absolute Gasteiger partial charge is 0.379 e. The molecule has 7 nitrogen and oxygen atoms in total. The van der Waals surface area contributed by atoms with Gasteiger partial charge in [-0.05, 0) is 12.1 Å². The van der Waals surface area contributed by atoms with E-state index in [9.17, 15) is 14.0 Å². The van der Waals surface area contributed by atoms with Crippen molar-refractivity contribution in [2.75, 3.05) is 77.0 Å². The molecule has 28 heavy (non-hydrogen) atoms. The minimum absolute atomic E-state index is 0.0506. The molecule has 2 saturated heterocycles. The number of hydrogen-bond acceptors (Lipinski definition) is 5. The van der Waals surface area contributed by atoms with E-state index in [0.29, 0.717) is 51.6 Å². The summed E-state index contributed by atoms with van der Waals surface area (Å²) in [6, 6.07) is 6.70. The molecule has 154 valence electrons. The molecule has 8 heteroatoms. The molecule has 0 unspecified atom stereocenters. The Morgan fingerprint density at radius 2 is 1.75 bits per heavy atom. The van der Waals surface area contributed by atoms with Crippen molar-refractivity contribution >= 4 is 17.5 Å². The number of halogens is 1. The Hall–Kier alpha value is -2.19. The van der Waals surface area contributed by atoms with Gasteiger partial charge in [0.15, 0.2) is 0 Å². The Kier molecular flexibility index (Phi) is 7.22. The summed E-state index contributed by atoms with van der Waals surface area (Å²) in [6.07, 6.45) is 0. The van der Waals surface area contributed by atoms with Crippen LogP contribution in [0.1, 0.15) is 6.92 Å². The average molecular weight is 392 g/mol. The molecular formula is C20H29FN4O3. The zero-order chi connectivity index (χ0) is 19.9. The van der Waals surface area contributed by atoms with Crippen LogP contribution in [-0.4, -0.2) is 98.6 Å². The van der Waals surface area contributed by atoms with Crippen LogP contribution < -0.4 is 4.90 Å². The molecule has 2 amide bonds. The number of anilines is 1. The smallest absolute Gasteiger partial charge is 0.242 e. The van der Waals surface area contributed by atoms with E-state index in [-0.39, 0.29) is 24.2 Å². The maximum absolute atomic E-state index is 14.0. The summed E-state index contributed by atoms with van der Waals surface area (Å²) in [5, 5.41) is 0. The third-order valence-corrected chi connectivity index (χ3v) is 5.39. The van der Waals surface area contributed by atoms with Crippen LogP contribution in [0.2, 0.25) is 0 Å². The summed E-state index contributed by atoms with van der Waals surface area (Å²) in [4.78, 5) is 32.2. The van der Waals surface area contributed by atoms with Gasteiger partial charge < -0.3 is 19.4 Å².